The summed E-state index contributed by atoms with van der Waals surface area (Å²) < 4.78 is 18.4. The van der Waals surface area contributed by atoms with Gasteiger partial charge in [-0.05, 0) is 45.4 Å². The maximum atomic E-state index is 13.2. The number of rotatable bonds is 8. The number of carbonyl (C=O) groups is 1. The van der Waals surface area contributed by atoms with Crippen LogP contribution in [0.3, 0.4) is 0 Å². The third-order valence-corrected chi connectivity index (χ3v) is 3.52. The molecule has 1 amide bonds. The van der Waals surface area contributed by atoms with E-state index in [9.17, 15) is 9.18 Å². The second-order valence-electron chi connectivity index (χ2n) is 7.11. The van der Waals surface area contributed by atoms with Gasteiger partial charge in [0.05, 0.1) is 0 Å². The first-order valence-electron chi connectivity index (χ1n) is 9.09. The van der Waals surface area contributed by atoms with Crippen molar-refractivity contribution >= 4 is 41.7 Å². The third-order valence-electron chi connectivity index (χ3n) is 3.52. The molecule has 28 heavy (non-hydrogen) atoms. The van der Waals surface area contributed by atoms with Gasteiger partial charge in [0.2, 0.25) is 0 Å². The van der Waals surface area contributed by atoms with Crippen molar-refractivity contribution in [3.8, 4) is 0 Å². The van der Waals surface area contributed by atoms with E-state index in [1.54, 1.807) is 13.1 Å². The molecule has 0 saturated heterocycles. The number of hydrogen-bond donors (Lipinski definition) is 3. The van der Waals surface area contributed by atoms with Crippen molar-refractivity contribution in [1.82, 2.24) is 16.0 Å². The van der Waals surface area contributed by atoms with Crippen molar-refractivity contribution in [2.45, 2.75) is 32.8 Å². The van der Waals surface area contributed by atoms with Crippen molar-refractivity contribution in [2.75, 3.05) is 45.2 Å². The summed E-state index contributed by atoms with van der Waals surface area (Å²) in [6.45, 7) is 7.93. The van der Waals surface area contributed by atoms with Crippen LogP contribution in [-0.4, -0.2) is 57.9 Å². The highest BCUT2D eigenvalue weighted by atomic mass is 127. The Morgan fingerprint density at radius 3 is 2.43 bits per heavy atom. The zero-order valence-electron chi connectivity index (χ0n) is 17.3. The Morgan fingerprint density at radius 2 is 1.82 bits per heavy atom. The molecule has 160 valence electrons. The standard InChI is InChI=1S/C19H32FN5O2.HI/c1-19(2,3)27-18(26)24-12-11-23-17(21-4)22-10-7-13-25(5)16-9-6-8-15(20)14-16;/h6,8-9,14H,7,10-13H2,1-5H3,(H,24,26)(H2,21,22,23);1H. The Labute approximate surface area is 184 Å². The van der Waals surface area contributed by atoms with Gasteiger partial charge >= 0.3 is 6.09 Å². The molecule has 0 fully saturated rings. The van der Waals surface area contributed by atoms with Crippen LogP contribution < -0.4 is 20.9 Å². The molecule has 0 saturated carbocycles. The fourth-order valence-electron chi connectivity index (χ4n) is 2.25. The predicted octanol–water partition coefficient (Wildman–Crippen LogP) is 2.96. The number of ether oxygens (including phenoxy) is 1. The molecule has 0 bridgehead atoms. The Balaban J connectivity index is 0.00000729. The van der Waals surface area contributed by atoms with E-state index in [-0.39, 0.29) is 29.8 Å². The summed E-state index contributed by atoms with van der Waals surface area (Å²) in [4.78, 5) is 17.7. The van der Waals surface area contributed by atoms with E-state index < -0.39 is 11.7 Å². The first-order chi connectivity index (χ1) is 12.7. The summed E-state index contributed by atoms with van der Waals surface area (Å²) in [6, 6.07) is 6.54. The third kappa shape index (κ3) is 11.8. The summed E-state index contributed by atoms with van der Waals surface area (Å²) in [5.74, 6) is 0.427. The van der Waals surface area contributed by atoms with Gasteiger partial charge in [-0.1, -0.05) is 6.07 Å². The molecule has 1 aromatic rings. The molecule has 0 aliphatic carbocycles. The van der Waals surface area contributed by atoms with E-state index in [2.05, 4.69) is 20.9 Å². The van der Waals surface area contributed by atoms with Gasteiger partial charge in [-0.2, -0.15) is 0 Å². The number of benzene rings is 1. The largest absolute Gasteiger partial charge is 0.444 e. The number of aliphatic imine (C=N–C) groups is 1. The van der Waals surface area contributed by atoms with Gasteiger partial charge in [-0.3, -0.25) is 4.99 Å². The topological polar surface area (TPSA) is 78.0 Å². The lowest BCUT2D eigenvalue weighted by Gasteiger charge is -2.20. The lowest BCUT2D eigenvalue weighted by molar-refractivity contribution is 0.0529. The maximum Gasteiger partial charge on any atom is 0.407 e. The normalized spacial score (nSPS) is 11.3. The van der Waals surface area contributed by atoms with Crippen molar-refractivity contribution in [3.05, 3.63) is 30.1 Å². The molecule has 1 rings (SSSR count). The zero-order chi connectivity index (χ0) is 20.3. The summed E-state index contributed by atoms with van der Waals surface area (Å²) >= 11 is 0. The number of nitrogens with zero attached hydrogens (tertiary/aromatic N) is 2. The minimum absolute atomic E-state index is 0. The Kier molecular flexibility index (Phi) is 12.6. The van der Waals surface area contributed by atoms with Crippen molar-refractivity contribution < 1.29 is 13.9 Å². The fourth-order valence-corrected chi connectivity index (χ4v) is 2.25. The van der Waals surface area contributed by atoms with Crippen LogP contribution in [0.2, 0.25) is 0 Å². The molecule has 0 spiro atoms. The van der Waals surface area contributed by atoms with Crippen LogP contribution in [-0.2, 0) is 4.74 Å². The Hall–Kier alpha value is -1.78. The summed E-state index contributed by atoms with van der Waals surface area (Å²) in [7, 11) is 3.62. The highest BCUT2D eigenvalue weighted by molar-refractivity contribution is 14.0. The number of halogens is 2. The summed E-state index contributed by atoms with van der Waals surface area (Å²) in [5, 5.41) is 9.01. The minimum Gasteiger partial charge on any atom is -0.444 e. The van der Waals surface area contributed by atoms with Gasteiger partial charge < -0.3 is 25.6 Å². The van der Waals surface area contributed by atoms with E-state index in [0.717, 1.165) is 25.2 Å². The van der Waals surface area contributed by atoms with Gasteiger partial charge in [-0.15, -0.1) is 24.0 Å². The number of carbonyl (C=O) groups excluding carboxylic acids is 1. The minimum atomic E-state index is -0.506. The van der Waals surface area contributed by atoms with Gasteiger partial charge in [0, 0.05) is 46.0 Å². The van der Waals surface area contributed by atoms with Gasteiger partial charge in [0.25, 0.3) is 0 Å². The molecule has 1 aromatic carbocycles. The molecule has 0 unspecified atom stereocenters. The van der Waals surface area contributed by atoms with Crippen LogP contribution in [0, 0.1) is 5.82 Å². The average Bonchev–Trinajstić information content (AvgIpc) is 2.58. The number of nitrogens with one attached hydrogen (secondary N) is 3. The van der Waals surface area contributed by atoms with Crippen LogP contribution in [0.1, 0.15) is 27.2 Å². The van der Waals surface area contributed by atoms with Crippen LogP contribution in [0.5, 0.6) is 0 Å². The molecular weight excluding hydrogens is 476 g/mol. The molecule has 0 heterocycles. The number of amides is 1. The number of hydrogen-bond acceptors (Lipinski definition) is 4. The molecule has 0 aliphatic rings. The lowest BCUT2D eigenvalue weighted by atomic mass is 10.2. The summed E-state index contributed by atoms with van der Waals surface area (Å²) in [5.41, 5.74) is 0.346. The van der Waals surface area contributed by atoms with Crippen molar-refractivity contribution in [2.24, 2.45) is 4.99 Å². The van der Waals surface area contributed by atoms with E-state index in [0.29, 0.717) is 19.0 Å². The first kappa shape index (κ1) is 26.2. The fraction of sp³-hybridized carbons (Fsp3) is 0.579. The Bertz CT molecular complexity index is 623. The molecule has 0 aromatic heterocycles. The quantitative estimate of drug-likeness (QED) is 0.218. The highest BCUT2D eigenvalue weighted by Crippen LogP contribution is 2.13. The summed E-state index contributed by atoms with van der Waals surface area (Å²) in [6.07, 6.45) is 0.428. The first-order valence-corrected chi connectivity index (χ1v) is 9.09. The van der Waals surface area contributed by atoms with Crippen LogP contribution in [0.4, 0.5) is 14.9 Å². The van der Waals surface area contributed by atoms with Gasteiger partial charge in [0.1, 0.15) is 11.4 Å². The van der Waals surface area contributed by atoms with E-state index in [1.807, 2.05) is 38.8 Å². The smallest absolute Gasteiger partial charge is 0.407 e. The van der Waals surface area contributed by atoms with Crippen LogP contribution >= 0.6 is 24.0 Å². The Morgan fingerprint density at radius 1 is 1.18 bits per heavy atom. The van der Waals surface area contributed by atoms with Crippen LogP contribution in [0.25, 0.3) is 0 Å². The molecular formula is C19H33FIN5O2. The van der Waals surface area contributed by atoms with E-state index in [1.165, 1.54) is 12.1 Å². The van der Waals surface area contributed by atoms with Crippen molar-refractivity contribution in [3.63, 3.8) is 0 Å². The van der Waals surface area contributed by atoms with Crippen molar-refractivity contribution in [1.29, 1.82) is 0 Å². The predicted molar refractivity (Wildman–Crippen MR) is 123 cm³/mol. The number of anilines is 1. The molecule has 3 N–H and O–H groups in total. The lowest BCUT2D eigenvalue weighted by Crippen LogP contribution is -2.43. The second kappa shape index (κ2) is 13.4. The highest BCUT2D eigenvalue weighted by Gasteiger charge is 2.15. The monoisotopic (exact) mass is 509 g/mol. The molecule has 0 aliphatic heterocycles. The van der Waals surface area contributed by atoms with E-state index >= 15 is 0 Å². The molecule has 0 atom stereocenters. The number of alkyl carbamates (subject to hydrolysis) is 1. The van der Waals surface area contributed by atoms with Gasteiger partial charge in [-0.25, -0.2) is 9.18 Å². The molecule has 9 heteroatoms. The number of guanidine groups is 1. The SMILES string of the molecule is CN=C(NCCCN(C)c1cccc(F)c1)NCCNC(=O)OC(C)(C)C.I. The zero-order valence-corrected chi connectivity index (χ0v) is 19.7. The second-order valence-corrected chi connectivity index (χ2v) is 7.11. The molecule has 7 nitrogen and oxygen atoms in total. The van der Waals surface area contributed by atoms with Gasteiger partial charge in [0.15, 0.2) is 5.96 Å². The maximum absolute atomic E-state index is 13.2. The average molecular weight is 509 g/mol. The molecule has 0 radical (unpaired) electrons. The van der Waals surface area contributed by atoms with Crippen LogP contribution in [0.15, 0.2) is 29.3 Å². The van der Waals surface area contributed by atoms with E-state index in [4.69, 9.17) is 4.74 Å².